The van der Waals surface area contributed by atoms with E-state index in [4.69, 9.17) is 0 Å². The fourth-order valence-electron chi connectivity index (χ4n) is 3.25. The number of amides is 1. The van der Waals surface area contributed by atoms with Crippen LogP contribution in [0.5, 0.6) is 0 Å². The Morgan fingerprint density at radius 1 is 1.17 bits per heavy atom. The van der Waals surface area contributed by atoms with E-state index in [-0.39, 0.29) is 11.3 Å². The Labute approximate surface area is 174 Å². The van der Waals surface area contributed by atoms with E-state index in [0.29, 0.717) is 17.8 Å². The van der Waals surface area contributed by atoms with Crippen molar-refractivity contribution in [1.29, 1.82) is 5.26 Å². The zero-order chi connectivity index (χ0) is 21.7. The van der Waals surface area contributed by atoms with E-state index in [2.05, 4.69) is 5.32 Å². The molecule has 0 spiro atoms. The molecule has 0 atom stereocenters. The number of rotatable bonds is 6. The van der Waals surface area contributed by atoms with Gasteiger partial charge in [-0.2, -0.15) is 5.26 Å². The standard InChI is InChI=1S/C23H20N4O3/c1-16-11-19(17(2)26(16)21-9-6-10-22(13-21)27(29)30)12-20(14-24)23(28)25-15-18-7-4-3-5-8-18/h3-13H,15H2,1-2H3,(H,25,28)/b20-12-. The average Bonchev–Trinajstić information content (AvgIpc) is 3.03. The van der Waals surface area contributed by atoms with Crippen molar-refractivity contribution in [3.05, 3.63) is 98.9 Å². The molecule has 1 aromatic heterocycles. The molecule has 3 aromatic rings. The van der Waals surface area contributed by atoms with E-state index < -0.39 is 10.8 Å². The van der Waals surface area contributed by atoms with Crippen molar-refractivity contribution in [2.24, 2.45) is 0 Å². The molecule has 7 heteroatoms. The molecule has 1 N–H and O–H groups in total. The summed E-state index contributed by atoms with van der Waals surface area (Å²) in [6.45, 7) is 4.03. The second-order valence-electron chi connectivity index (χ2n) is 6.78. The summed E-state index contributed by atoms with van der Waals surface area (Å²) in [7, 11) is 0. The van der Waals surface area contributed by atoms with Crippen molar-refractivity contribution < 1.29 is 9.72 Å². The molecule has 0 unspecified atom stereocenters. The fraction of sp³-hybridized carbons (Fsp3) is 0.130. The van der Waals surface area contributed by atoms with Crippen LogP contribution in [0.3, 0.4) is 0 Å². The predicted octanol–water partition coefficient (Wildman–Crippen LogP) is 4.23. The lowest BCUT2D eigenvalue weighted by Crippen LogP contribution is -2.23. The van der Waals surface area contributed by atoms with Gasteiger partial charge < -0.3 is 9.88 Å². The van der Waals surface area contributed by atoms with Gasteiger partial charge in [0.2, 0.25) is 0 Å². The third kappa shape index (κ3) is 4.45. The Morgan fingerprint density at radius 3 is 2.57 bits per heavy atom. The van der Waals surface area contributed by atoms with Crippen molar-refractivity contribution in [2.45, 2.75) is 20.4 Å². The van der Waals surface area contributed by atoms with Crippen LogP contribution in [-0.4, -0.2) is 15.4 Å². The number of benzene rings is 2. The Hall–Kier alpha value is -4.18. The highest BCUT2D eigenvalue weighted by Crippen LogP contribution is 2.25. The molecule has 0 saturated heterocycles. The molecule has 150 valence electrons. The molecule has 0 radical (unpaired) electrons. The van der Waals surface area contributed by atoms with E-state index in [1.54, 1.807) is 12.1 Å². The average molecular weight is 400 g/mol. The van der Waals surface area contributed by atoms with Gasteiger partial charge in [0.05, 0.1) is 10.6 Å². The quantitative estimate of drug-likeness (QED) is 0.290. The van der Waals surface area contributed by atoms with Gasteiger partial charge in [-0.05, 0) is 43.2 Å². The van der Waals surface area contributed by atoms with Crippen molar-refractivity contribution in [1.82, 2.24) is 9.88 Å². The number of aromatic nitrogens is 1. The minimum Gasteiger partial charge on any atom is -0.347 e. The first-order chi connectivity index (χ1) is 14.4. The maximum atomic E-state index is 12.5. The van der Waals surface area contributed by atoms with Crippen LogP contribution in [0.4, 0.5) is 5.69 Å². The summed E-state index contributed by atoms with van der Waals surface area (Å²) in [6, 6.07) is 19.6. The number of nitro benzene ring substituents is 1. The fourth-order valence-corrected chi connectivity index (χ4v) is 3.25. The maximum Gasteiger partial charge on any atom is 0.271 e. The first kappa shape index (κ1) is 20.6. The lowest BCUT2D eigenvalue weighted by atomic mass is 10.1. The van der Waals surface area contributed by atoms with Gasteiger partial charge in [-0.1, -0.05) is 36.4 Å². The summed E-state index contributed by atoms with van der Waals surface area (Å²) in [6.07, 6.45) is 1.54. The number of carbonyl (C=O) groups is 1. The Bertz CT molecular complexity index is 1170. The Kier molecular flexibility index (Phi) is 6.08. The van der Waals surface area contributed by atoms with Crippen molar-refractivity contribution in [3.63, 3.8) is 0 Å². The zero-order valence-electron chi connectivity index (χ0n) is 16.6. The number of aryl methyl sites for hydroxylation is 1. The van der Waals surface area contributed by atoms with Crippen molar-refractivity contribution >= 4 is 17.7 Å². The zero-order valence-corrected chi connectivity index (χ0v) is 16.6. The number of nitriles is 1. The number of carbonyl (C=O) groups excluding carboxylic acids is 1. The minimum atomic E-state index is -0.457. The Balaban J connectivity index is 1.88. The molecular weight excluding hydrogens is 380 g/mol. The van der Waals surface area contributed by atoms with Gasteiger partial charge in [-0.15, -0.1) is 0 Å². The summed E-state index contributed by atoms with van der Waals surface area (Å²) in [5.74, 6) is -0.457. The van der Waals surface area contributed by atoms with Crippen LogP contribution >= 0.6 is 0 Å². The molecule has 7 nitrogen and oxygen atoms in total. The van der Waals surface area contributed by atoms with Gasteiger partial charge in [0.1, 0.15) is 11.6 Å². The summed E-state index contributed by atoms with van der Waals surface area (Å²) in [4.78, 5) is 23.1. The molecule has 3 rings (SSSR count). The van der Waals surface area contributed by atoms with E-state index in [9.17, 15) is 20.2 Å². The molecule has 0 saturated carbocycles. The first-order valence-corrected chi connectivity index (χ1v) is 9.28. The van der Waals surface area contributed by atoms with Crippen molar-refractivity contribution in [2.75, 3.05) is 0 Å². The number of nitro groups is 1. The van der Waals surface area contributed by atoms with Gasteiger partial charge in [-0.3, -0.25) is 14.9 Å². The second kappa shape index (κ2) is 8.88. The summed E-state index contributed by atoms with van der Waals surface area (Å²) in [5, 5.41) is 23.3. The lowest BCUT2D eigenvalue weighted by Gasteiger charge is -2.09. The maximum absolute atomic E-state index is 12.5. The number of non-ortho nitro benzene ring substituents is 1. The molecular formula is C23H20N4O3. The molecule has 0 fully saturated rings. The molecule has 0 aliphatic carbocycles. The number of nitrogens with one attached hydrogen (secondary N) is 1. The van der Waals surface area contributed by atoms with Crippen LogP contribution in [0.1, 0.15) is 22.5 Å². The van der Waals surface area contributed by atoms with Crippen molar-refractivity contribution in [3.8, 4) is 11.8 Å². The van der Waals surface area contributed by atoms with Gasteiger partial charge in [0, 0.05) is 30.1 Å². The molecule has 0 aliphatic heterocycles. The van der Waals surface area contributed by atoms with Crippen LogP contribution in [0.2, 0.25) is 0 Å². The highest BCUT2D eigenvalue weighted by molar-refractivity contribution is 6.01. The van der Waals surface area contributed by atoms with Crippen LogP contribution in [-0.2, 0) is 11.3 Å². The molecule has 0 bridgehead atoms. The molecule has 0 aliphatic rings. The van der Waals surface area contributed by atoms with E-state index in [1.165, 1.54) is 18.2 Å². The van der Waals surface area contributed by atoms with E-state index >= 15 is 0 Å². The summed E-state index contributed by atoms with van der Waals surface area (Å²) < 4.78 is 1.86. The molecule has 1 heterocycles. The summed E-state index contributed by atoms with van der Waals surface area (Å²) >= 11 is 0. The minimum absolute atomic E-state index is 0.00454. The SMILES string of the molecule is Cc1cc(/C=C(/C#N)C(=O)NCc2ccccc2)c(C)n1-c1cccc([N+](=O)[O-])c1. The normalized spacial score (nSPS) is 11.0. The highest BCUT2D eigenvalue weighted by atomic mass is 16.6. The van der Waals surface area contributed by atoms with Gasteiger partial charge in [0.15, 0.2) is 0 Å². The van der Waals surface area contributed by atoms with Gasteiger partial charge >= 0.3 is 0 Å². The molecule has 2 aromatic carbocycles. The summed E-state index contributed by atoms with van der Waals surface area (Å²) in [5.41, 5.74) is 3.88. The van der Waals surface area contributed by atoms with E-state index in [1.807, 2.05) is 60.9 Å². The number of hydrogen-bond acceptors (Lipinski definition) is 4. The number of nitrogens with zero attached hydrogens (tertiary/aromatic N) is 3. The molecule has 30 heavy (non-hydrogen) atoms. The largest absolute Gasteiger partial charge is 0.347 e. The van der Waals surface area contributed by atoms with Gasteiger partial charge in [-0.25, -0.2) is 0 Å². The predicted molar refractivity (Wildman–Crippen MR) is 114 cm³/mol. The monoisotopic (exact) mass is 400 g/mol. The first-order valence-electron chi connectivity index (χ1n) is 9.28. The molecule has 1 amide bonds. The lowest BCUT2D eigenvalue weighted by molar-refractivity contribution is -0.384. The van der Waals surface area contributed by atoms with E-state index in [0.717, 1.165) is 17.0 Å². The third-order valence-electron chi connectivity index (χ3n) is 4.73. The topological polar surface area (TPSA) is 101 Å². The Morgan fingerprint density at radius 2 is 1.90 bits per heavy atom. The highest BCUT2D eigenvalue weighted by Gasteiger charge is 2.15. The van der Waals surface area contributed by atoms with Crippen LogP contribution in [0.15, 0.2) is 66.2 Å². The van der Waals surface area contributed by atoms with Crippen LogP contribution in [0.25, 0.3) is 11.8 Å². The smallest absolute Gasteiger partial charge is 0.271 e. The van der Waals surface area contributed by atoms with Gasteiger partial charge in [0.25, 0.3) is 11.6 Å². The number of hydrogen-bond donors (Lipinski definition) is 1. The van der Waals surface area contributed by atoms with Crippen LogP contribution in [0, 0.1) is 35.3 Å². The third-order valence-corrected chi connectivity index (χ3v) is 4.73. The van der Waals surface area contributed by atoms with Crippen LogP contribution < -0.4 is 5.32 Å². The second-order valence-corrected chi connectivity index (χ2v) is 6.78.